The molecule has 0 aromatic heterocycles. The first-order chi connectivity index (χ1) is 8.07. The summed E-state index contributed by atoms with van der Waals surface area (Å²) >= 11 is 0. The molecule has 2 atom stereocenters. The highest BCUT2D eigenvalue weighted by molar-refractivity contribution is 5.89. The van der Waals surface area contributed by atoms with Gasteiger partial charge < -0.3 is 25.8 Å². The lowest BCUT2D eigenvalue weighted by atomic mass is 10.1. The van der Waals surface area contributed by atoms with Crippen molar-refractivity contribution in [3.63, 3.8) is 0 Å². The van der Waals surface area contributed by atoms with E-state index in [1.165, 1.54) is 12.0 Å². The molecule has 1 aliphatic rings. The lowest BCUT2D eigenvalue weighted by Crippen LogP contribution is -2.58. The Morgan fingerprint density at radius 2 is 2.29 bits per heavy atom. The molecule has 0 bridgehead atoms. The lowest BCUT2D eigenvalue weighted by molar-refractivity contribution is -0.148. The number of nitrogens with zero attached hydrogens (tertiary/aromatic N) is 1. The first kappa shape index (κ1) is 13.9. The summed E-state index contributed by atoms with van der Waals surface area (Å²) in [4.78, 5) is 24.6. The Hall–Kier alpha value is -1.18. The molecule has 1 saturated heterocycles. The molecule has 4 N–H and O–H groups in total. The van der Waals surface area contributed by atoms with E-state index in [9.17, 15) is 9.59 Å². The third-order valence-electron chi connectivity index (χ3n) is 2.69. The lowest BCUT2D eigenvalue weighted by Gasteiger charge is -2.35. The maximum absolute atomic E-state index is 12.0. The molecule has 0 saturated carbocycles. The molecule has 1 fully saturated rings. The van der Waals surface area contributed by atoms with Gasteiger partial charge in [-0.1, -0.05) is 0 Å². The Kier molecular flexibility index (Phi) is 5.33. The predicted molar refractivity (Wildman–Crippen MR) is 60.0 cm³/mol. The Morgan fingerprint density at radius 3 is 2.88 bits per heavy atom. The van der Waals surface area contributed by atoms with E-state index in [1.54, 1.807) is 0 Å². The van der Waals surface area contributed by atoms with Crippen molar-refractivity contribution in [3.05, 3.63) is 0 Å². The summed E-state index contributed by atoms with van der Waals surface area (Å²) in [6.45, 7) is 1.27. The van der Waals surface area contributed by atoms with Crippen molar-refractivity contribution >= 4 is 11.8 Å². The number of primary amides is 1. The summed E-state index contributed by atoms with van der Waals surface area (Å²) in [5.74, 6) is -0.855. The second-order valence-electron chi connectivity index (χ2n) is 3.91. The SMILES string of the molecule is COCCC(N)C(=O)N1CCOCC1C(N)=O. The van der Waals surface area contributed by atoms with E-state index in [-0.39, 0.29) is 12.5 Å². The zero-order valence-corrected chi connectivity index (χ0v) is 9.93. The van der Waals surface area contributed by atoms with Crippen LogP contribution in [0.1, 0.15) is 6.42 Å². The molecule has 0 aliphatic carbocycles. The van der Waals surface area contributed by atoms with Crippen LogP contribution in [0.25, 0.3) is 0 Å². The van der Waals surface area contributed by atoms with Crippen LogP contribution in [-0.4, -0.2) is 62.3 Å². The molecular weight excluding hydrogens is 226 g/mol. The van der Waals surface area contributed by atoms with Gasteiger partial charge in [-0.25, -0.2) is 0 Å². The van der Waals surface area contributed by atoms with Gasteiger partial charge in [-0.05, 0) is 6.42 Å². The molecule has 1 heterocycles. The van der Waals surface area contributed by atoms with Crippen LogP contribution in [0.3, 0.4) is 0 Å². The van der Waals surface area contributed by atoms with Crippen molar-refractivity contribution in [2.24, 2.45) is 11.5 Å². The summed E-state index contributed by atoms with van der Waals surface area (Å²) in [5, 5.41) is 0. The standard InChI is InChI=1S/C10H19N3O4/c1-16-4-2-7(11)10(15)13-3-5-17-6-8(13)9(12)14/h7-8H,2-6,11H2,1H3,(H2,12,14). The van der Waals surface area contributed by atoms with Crippen LogP contribution in [0.5, 0.6) is 0 Å². The minimum absolute atomic E-state index is 0.137. The van der Waals surface area contributed by atoms with E-state index in [1.807, 2.05) is 0 Å². The van der Waals surface area contributed by atoms with Crippen LogP contribution in [0.4, 0.5) is 0 Å². The van der Waals surface area contributed by atoms with E-state index in [0.29, 0.717) is 26.2 Å². The normalized spacial score (nSPS) is 22.2. The molecule has 98 valence electrons. The molecule has 1 rings (SSSR count). The van der Waals surface area contributed by atoms with Crippen LogP contribution >= 0.6 is 0 Å². The van der Waals surface area contributed by atoms with Crippen LogP contribution in [-0.2, 0) is 19.1 Å². The van der Waals surface area contributed by atoms with Crippen LogP contribution in [0.2, 0.25) is 0 Å². The molecular formula is C10H19N3O4. The third kappa shape index (κ3) is 3.65. The number of amides is 2. The summed E-state index contributed by atoms with van der Waals surface area (Å²) < 4.78 is 9.98. The molecule has 17 heavy (non-hydrogen) atoms. The number of nitrogens with two attached hydrogens (primary N) is 2. The monoisotopic (exact) mass is 245 g/mol. The third-order valence-corrected chi connectivity index (χ3v) is 2.69. The van der Waals surface area contributed by atoms with Crippen molar-refractivity contribution in [3.8, 4) is 0 Å². The second kappa shape index (κ2) is 6.53. The maximum Gasteiger partial charge on any atom is 0.242 e. The molecule has 7 nitrogen and oxygen atoms in total. The van der Waals surface area contributed by atoms with Crippen LogP contribution in [0, 0.1) is 0 Å². The molecule has 0 spiro atoms. The zero-order chi connectivity index (χ0) is 12.8. The van der Waals surface area contributed by atoms with Gasteiger partial charge in [0, 0.05) is 20.3 Å². The summed E-state index contributed by atoms with van der Waals surface area (Å²) in [5.41, 5.74) is 10.9. The number of ether oxygens (including phenoxy) is 2. The molecule has 2 unspecified atom stereocenters. The molecule has 0 radical (unpaired) electrons. The van der Waals surface area contributed by atoms with Gasteiger partial charge in [-0.2, -0.15) is 0 Å². The first-order valence-corrected chi connectivity index (χ1v) is 5.50. The van der Waals surface area contributed by atoms with Crippen molar-refractivity contribution in [2.75, 3.05) is 33.5 Å². The topological polar surface area (TPSA) is 108 Å². The van der Waals surface area contributed by atoms with E-state index in [0.717, 1.165) is 0 Å². The highest BCUT2D eigenvalue weighted by Crippen LogP contribution is 2.09. The summed E-state index contributed by atoms with van der Waals surface area (Å²) in [6.07, 6.45) is 0.415. The minimum atomic E-state index is -0.718. The quantitative estimate of drug-likeness (QED) is 0.586. The van der Waals surface area contributed by atoms with Gasteiger partial charge in [0.1, 0.15) is 6.04 Å². The largest absolute Gasteiger partial charge is 0.385 e. The summed E-state index contributed by atoms with van der Waals surface area (Å²) in [6, 6.07) is -1.39. The van der Waals surface area contributed by atoms with Crippen molar-refractivity contribution < 1.29 is 19.1 Å². The fourth-order valence-corrected chi connectivity index (χ4v) is 1.68. The average molecular weight is 245 g/mol. The number of morpholine rings is 1. The van der Waals surface area contributed by atoms with Gasteiger partial charge in [0.25, 0.3) is 0 Å². The molecule has 7 heteroatoms. The minimum Gasteiger partial charge on any atom is -0.385 e. The molecule has 0 aromatic carbocycles. The summed E-state index contributed by atoms with van der Waals surface area (Å²) in [7, 11) is 1.54. The predicted octanol–water partition coefficient (Wildman–Crippen LogP) is -1.94. The van der Waals surface area contributed by atoms with Gasteiger partial charge in [-0.3, -0.25) is 9.59 Å². The Labute approximate surface area is 100 Å². The molecule has 1 aliphatic heterocycles. The van der Waals surface area contributed by atoms with E-state index < -0.39 is 18.0 Å². The van der Waals surface area contributed by atoms with E-state index in [4.69, 9.17) is 20.9 Å². The number of methoxy groups -OCH3 is 1. The van der Waals surface area contributed by atoms with Crippen molar-refractivity contribution in [1.82, 2.24) is 4.90 Å². The molecule has 2 amide bonds. The Bertz CT molecular complexity index is 285. The van der Waals surface area contributed by atoms with Crippen molar-refractivity contribution in [1.29, 1.82) is 0 Å². The average Bonchev–Trinajstić information content (AvgIpc) is 2.34. The first-order valence-electron chi connectivity index (χ1n) is 5.50. The van der Waals surface area contributed by atoms with Gasteiger partial charge in [0.2, 0.25) is 11.8 Å². The fourth-order valence-electron chi connectivity index (χ4n) is 1.68. The van der Waals surface area contributed by atoms with Crippen LogP contribution < -0.4 is 11.5 Å². The van der Waals surface area contributed by atoms with Crippen LogP contribution in [0.15, 0.2) is 0 Å². The highest BCUT2D eigenvalue weighted by atomic mass is 16.5. The maximum atomic E-state index is 12.0. The fraction of sp³-hybridized carbons (Fsp3) is 0.800. The number of hydrogen-bond acceptors (Lipinski definition) is 5. The highest BCUT2D eigenvalue weighted by Gasteiger charge is 2.33. The van der Waals surface area contributed by atoms with Gasteiger partial charge in [0.15, 0.2) is 0 Å². The van der Waals surface area contributed by atoms with Gasteiger partial charge in [-0.15, -0.1) is 0 Å². The number of hydrogen-bond donors (Lipinski definition) is 2. The smallest absolute Gasteiger partial charge is 0.242 e. The van der Waals surface area contributed by atoms with Gasteiger partial charge in [0.05, 0.1) is 19.3 Å². The molecule has 0 aromatic rings. The van der Waals surface area contributed by atoms with Gasteiger partial charge >= 0.3 is 0 Å². The van der Waals surface area contributed by atoms with Crippen molar-refractivity contribution in [2.45, 2.75) is 18.5 Å². The second-order valence-corrected chi connectivity index (χ2v) is 3.91. The number of carbonyl (C=O) groups is 2. The van der Waals surface area contributed by atoms with E-state index >= 15 is 0 Å². The number of rotatable bonds is 5. The number of carbonyl (C=O) groups excluding carboxylic acids is 2. The Morgan fingerprint density at radius 1 is 1.59 bits per heavy atom. The zero-order valence-electron chi connectivity index (χ0n) is 9.93. The Balaban J connectivity index is 2.61. The van der Waals surface area contributed by atoms with E-state index in [2.05, 4.69) is 0 Å².